The van der Waals surface area contributed by atoms with E-state index in [0.29, 0.717) is 5.82 Å². The van der Waals surface area contributed by atoms with Crippen LogP contribution in [0.2, 0.25) is 0 Å². The molecule has 0 radical (unpaired) electrons. The number of carbonyl (C=O) groups excluding carboxylic acids is 1. The van der Waals surface area contributed by atoms with E-state index in [4.69, 9.17) is 4.74 Å². The van der Waals surface area contributed by atoms with E-state index in [1.165, 1.54) is 0 Å². The van der Waals surface area contributed by atoms with E-state index in [0.717, 1.165) is 4.47 Å². The minimum Gasteiger partial charge on any atom is -0.369 e. The molecule has 0 bridgehead atoms. The van der Waals surface area contributed by atoms with Gasteiger partial charge in [-0.25, -0.2) is 4.98 Å². The first-order chi connectivity index (χ1) is 7.08. The molecule has 0 fully saturated rings. The number of pyridine rings is 1. The summed E-state index contributed by atoms with van der Waals surface area (Å²) in [6.07, 6.45) is 1.67. The lowest BCUT2D eigenvalue weighted by Gasteiger charge is -2.07. The average Bonchev–Trinajstić information content (AvgIpc) is 2.19. The molecule has 1 heterocycles. The van der Waals surface area contributed by atoms with Crippen LogP contribution in [0.5, 0.6) is 0 Å². The predicted molar refractivity (Wildman–Crippen MR) is 61.7 cm³/mol. The van der Waals surface area contributed by atoms with Gasteiger partial charge in [0.15, 0.2) is 0 Å². The van der Waals surface area contributed by atoms with E-state index in [1.54, 1.807) is 12.3 Å². The third-order valence-corrected chi connectivity index (χ3v) is 2.01. The molecule has 0 aliphatic rings. The van der Waals surface area contributed by atoms with Gasteiger partial charge in [-0.2, -0.15) is 0 Å². The number of nitrogens with one attached hydrogen (secondary N) is 1. The van der Waals surface area contributed by atoms with Crippen molar-refractivity contribution in [2.24, 2.45) is 0 Å². The lowest BCUT2D eigenvalue weighted by Crippen LogP contribution is -2.21. The molecule has 1 N–H and O–H groups in total. The van der Waals surface area contributed by atoms with Gasteiger partial charge in [-0.1, -0.05) is 0 Å². The fourth-order valence-electron chi connectivity index (χ4n) is 0.871. The Morgan fingerprint density at radius 2 is 2.33 bits per heavy atom. The fourth-order valence-corrected chi connectivity index (χ4v) is 1.11. The van der Waals surface area contributed by atoms with E-state index in [-0.39, 0.29) is 18.6 Å². The second-order valence-electron chi connectivity index (χ2n) is 3.27. The van der Waals surface area contributed by atoms with Gasteiger partial charge in [0.2, 0.25) is 0 Å². The Morgan fingerprint density at radius 3 is 2.87 bits per heavy atom. The number of ether oxygens (including phenoxy) is 1. The van der Waals surface area contributed by atoms with Crippen molar-refractivity contribution >= 4 is 27.7 Å². The van der Waals surface area contributed by atoms with Crippen LogP contribution in [0.4, 0.5) is 5.82 Å². The summed E-state index contributed by atoms with van der Waals surface area (Å²) in [5.74, 6) is 0.328. The summed E-state index contributed by atoms with van der Waals surface area (Å²) in [5, 5.41) is 2.63. The van der Waals surface area contributed by atoms with Crippen LogP contribution >= 0.6 is 15.9 Å². The summed E-state index contributed by atoms with van der Waals surface area (Å²) >= 11 is 3.26. The molecule has 1 aromatic rings. The molecule has 15 heavy (non-hydrogen) atoms. The number of carbonyl (C=O) groups is 1. The van der Waals surface area contributed by atoms with Gasteiger partial charge in [0.25, 0.3) is 5.91 Å². The number of amides is 1. The molecule has 0 aliphatic carbocycles. The second-order valence-corrected chi connectivity index (χ2v) is 4.19. The van der Waals surface area contributed by atoms with Crippen LogP contribution < -0.4 is 5.32 Å². The van der Waals surface area contributed by atoms with Crippen molar-refractivity contribution in [3.8, 4) is 0 Å². The Bertz CT molecular complexity index is 325. The van der Waals surface area contributed by atoms with E-state index in [9.17, 15) is 4.79 Å². The van der Waals surface area contributed by atoms with Gasteiger partial charge in [-0.15, -0.1) is 0 Å². The molecular formula is C10H13BrN2O2. The normalized spacial score (nSPS) is 10.4. The first kappa shape index (κ1) is 12.1. The summed E-state index contributed by atoms with van der Waals surface area (Å²) in [6.45, 7) is 3.81. The zero-order valence-corrected chi connectivity index (χ0v) is 10.2. The smallest absolute Gasteiger partial charge is 0.251 e. The zero-order chi connectivity index (χ0) is 11.3. The number of aromatic nitrogens is 1. The molecular weight excluding hydrogens is 260 g/mol. The molecule has 0 spiro atoms. The first-order valence-electron chi connectivity index (χ1n) is 4.61. The van der Waals surface area contributed by atoms with Crippen molar-refractivity contribution in [1.29, 1.82) is 0 Å². The van der Waals surface area contributed by atoms with Crippen LogP contribution in [0.1, 0.15) is 13.8 Å². The quantitative estimate of drug-likeness (QED) is 0.915. The van der Waals surface area contributed by atoms with Crippen LogP contribution in [-0.2, 0) is 9.53 Å². The van der Waals surface area contributed by atoms with Gasteiger partial charge in [0, 0.05) is 10.7 Å². The Morgan fingerprint density at radius 1 is 1.60 bits per heavy atom. The highest BCUT2D eigenvalue weighted by atomic mass is 79.9. The van der Waals surface area contributed by atoms with Gasteiger partial charge in [-0.05, 0) is 41.9 Å². The molecule has 4 nitrogen and oxygen atoms in total. The van der Waals surface area contributed by atoms with Gasteiger partial charge in [0.1, 0.15) is 12.4 Å². The average molecular weight is 273 g/mol. The lowest BCUT2D eigenvalue weighted by molar-refractivity contribution is -0.121. The molecule has 1 amide bonds. The third-order valence-electron chi connectivity index (χ3n) is 1.54. The predicted octanol–water partition coefficient (Wildman–Crippen LogP) is 2.21. The van der Waals surface area contributed by atoms with Crippen molar-refractivity contribution in [3.05, 3.63) is 22.8 Å². The number of nitrogens with zero attached hydrogens (tertiary/aromatic N) is 1. The fraction of sp³-hybridized carbons (Fsp3) is 0.400. The summed E-state index contributed by atoms with van der Waals surface area (Å²) < 4.78 is 6.02. The van der Waals surface area contributed by atoms with Gasteiger partial charge >= 0.3 is 0 Å². The molecule has 0 saturated carbocycles. The molecule has 1 aromatic heterocycles. The van der Waals surface area contributed by atoms with Crippen LogP contribution in [0, 0.1) is 0 Å². The van der Waals surface area contributed by atoms with Crippen molar-refractivity contribution < 1.29 is 9.53 Å². The van der Waals surface area contributed by atoms with Crippen LogP contribution in [0.15, 0.2) is 22.8 Å². The van der Waals surface area contributed by atoms with Crippen molar-refractivity contribution in [3.63, 3.8) is 0 Å². The minimum absolute atomic E-state index is 0.0497. The molecule has 0 aromatic carbocycles. The first-order valence-corrected chi connectivity index (χ1v) is 5.40. The highest BCUT2D eigenvalue weighted by molar-refractivity contribution is 9.10. The maximum absolute atomic E-state index is 11.3. The maximum atomic E-state index is 11.3. The summed E-state index contributed by atoms with van der Waals surface area (Å²) in [6, 6.07) is 3.53. The second kappa shape index (κ2) is 5.82. The summed E-state index contributed by atoms with van der Waals surface area (Å²) in [4.78, 5) is 15.3. The maximum Gasteiger partial charge on any atom is 0.251 e. The zero-order valence-electron chi connectivity index (χ0n) is 8.66. The van der Waals surface area contributed by atoms with E-state index in [2.05, 4.69) is 26.2 Å². The molecule has 0 saturated heterocycles. The number of hydrogen-bond donors (Lipinski definition) is 1. The van der Waals surface area contributed by atoms with Gasteiger partial charge in [-0.3, -0.25) is 4.79 Å². The number of halogens is 1. The van der Waals surface area contributed by atoms with Crippen molar-refractivity contribution in [2.75, 3.05) is 11.9 Å². The largest absolute Gasteiger partial charge is 0.369 e. The molecule has 82 valence electrons. The molecule has 1 rings (SSSR count). The highest BCUT2D eigenvalue weighted by Crippen LogP contribution is 2.10. The third kappa shape index (κ3) is 4.90. The van der Waals surface area contributed by atoms with Gasteiger partial charge in [0.05, 0.1) is 6.10 Å². The monoisotopic (exact) mass is 272 g/mol. The lowest BCUT2D eigenvalue weighted by atomic mass is 10.4. The Kier molecular flexibility index (Phi) is 4.71. The minimum atomic E-state index is -0.196. The van der Waals surface area contributed by atoms with Crippen LogP contribution in [0.25, 0.3) is 0 Å². The number of rotatable bonds is 4. The molecule has 0 unspecified atom stereocenters. The van der Waals surface area contributed by atoms with Crippen molar-refractivity contribution in [2.45, 2.75) is 20.0 Å². The van der Waals surface area contributed by atoms with Gasteiger partial charge < -0.3 is 10.1 Å². The number of anilines is 1. The Labute approximate surface area is 97.2 Å². The molecule has 0 aliphatic heterocycles. The number of hydrogen-bond acceptors (Lipinski definition) is 3. The molecule has 0 atom stereocenters. The van der Waals surface area contributed by atoms with E-state index < -0.39 is 0 Å². The Balaban J connectivity index is 2.41. The van der Waals surface area contributed by atoms with Crippen molar-refractivity contribution in [1.82, 2.24) is 4.98 Å². The van der Waals surface area contributed by atoms with E-state index >= 15 is 0 Å². The topological polar surface area (TPSA) is 51.2 Å². The van der Waals surface area contributed by atoms with Crippen LogP contribution in [-0.4, -0.2) is 23.6 Å². The highest BCUT2D eigenvalue weighted by Gasteiger charge is 2.04. The molecule has 5 heteroatoms. The standard InChI is InChI=1S/C10H13BrN2O2/c1-7(2)15-6-10(14)13-9-4-3-8(11)5-12-9/h3-5,7H,6H2,1-2H3,(H,12,13,14). The van der Waals surface area contributed by atoms with Crippen LogP contribution in [0.3, 0.4) is 0 Å². The summed E-state index contributed by atoms with van der Waals surface area (Å²) in [5.41, 5.74) is 0. The SMILES string of the molecule is CC(C)OCC(=O)Nc1ccc(Br)cn1. The Hall–Kier alpha value is -0.940. The van der Waals surface area contributed by atoms with E-state index in [1.807, 2.05) is 19.9 Å². The summed E-state index contributed by atoms with van der Waals surface area (Å²) in [7, 11) is 0.